The van der Waals surface area contributed by atoms with E-state index in [0.29, 0.717) is 38.1 Å². The van der Waals surface area contributed by atoms with Crippen LogP contribution in [0.15, 0.2) is 82.6 Å². The van der Waals surface area contributed by atoms with Gasteiger partial charge in [-0.2, -0.15) is 0 Å². The quantitative estimate of drug-likeness (QED) is 0.345. The average molecular weight is 495 g/mol. The molecule has 1 unspecified atom stereocenters. The molecule has 0 saturated carbocycles. The third-order valence-corrected chi connectivity index (χ3v) is 5.99. The summed E-state index contributed by atoms with van der Waals surface area (Å²) in [6, 6.07) is 15.3. The molecule has 7 nitrogen and oxygen atoms in total. The summed E-state index contributed by atoms with van der Waals surface area (Å²) in [7, 11) is 1.46. The Hall–Kier alpha value is -3.81. The van der Waals surface area contributed by atoms with Crippen LogP contribution >= 0.6 is 23.2 Å². The molecule has 2 aromatic heterocycles. The summed E-state index contributed by atoms with van der Waals surface area (Å²) in [5.74, 6) is -1.80. The average Bonchev–Trinajstić information content (AvgIpc) is 3.38. The third kappa shape index (κ3) is 3.59. The number of carbonyl (C=O) groups is 2. The number of aliphatic hydroxyl groups is 1. The van der Waals surface area contributed by atoms with Crippen LogP contribution in [0.1, 0.15) is 22.3 Å². The first kappa shape index (κ1) is 22.0. The molecule has 4 aromatic rings. The third-order valence-electron chi connectivity index (χ3n) is 5.52. The second-order valence-electron chi connectivity index (χ2n) is 7.54. The number of amides is 1. The van der Waals surface area contributed by atoms with Gasteiger partial charge in [-0.1, -0.05) is 29.3 Å². The van der Waals surface area contributed by atoms with Crippen molar-refractivity contribution in [3.05, 3.63) is 99.7 Å². The fourth-order valence-corrected chi connectivity index (χ4v) is 4.35. The first-order valence-electron chi connectivity index (χ1n) is 10.1. The molecule has 170 valence electrons. The van der Waals surface area contributed by atoms with E-state index in [-0.39, 0.29) is 11.3 Å². The van der Waals surface area contributed by atoms with Crippen molar-refractivity contribution >= 4 is 51.5 Å². The van der Waals surface area contributed by atoms with Crippen LogP contribution < -0.4 is 9.64 Å². The predicted octanol–water partition coefficient (Wildman–Crippen LogP) is 5.93. The lowest BCUT2D eigenvalue weighted by atomic mass is 9.98. The van der Waals surface area contributed by atoms with Crippen LogP contribution in [0.4, 0.5) is 5.69 Å². The van der Waals surface area contributed by atoms with Gasteiger partial charge < -0.3 is 14.3 Å². The maximum Gasteiger partial charge on any atom is 0.294 e. The van der Waals surface area contributed by atoms with Crippen molar-refractivity contribution in [1.29, 1.82) is 0 Å². The number of hydrogen-bond donors (Lipinski definition) is 1. The van der Waals surface area contributed by atoms with Gasteiger partial charge in [0.25, 0.3) is 5.91 Å². The molecule has 2 aromatic carbocycles. The van der Waals surface area contributed by atoms with Gasteiger partial charge in [0, 0.05) is 33.4 Å². The Bertz CT molecular complexity index is 1460. The normalized spacial score (nSPS) is 15.9. The van der Waals surface area contributed by atoms with E-state index >= 15 is 0 Å². The number of hydrogen-bond acceptors (Lipinski definition) is 6. The Morgan fingerprint density at radius 1 is 1.09 bits per heavy atom. The first-order valence-corrected chi connectivity index (χ1v) is 10.9. The molecule has 0 aliphatic carbocycles. The van der Waals surface area contributed by atoms with Gasteiger partial charge in [-0.25, -0.2) is 0 Å². The lowest BCUT2D eigenvalue weighted by molar-refractivity contribution is -0.117. The Kier molecular flexibility index (Phi) is 5.51. The summed E-state index contributed by atoms with van der Waals surface area (Å²) in [6.45, 7) is 0. The second-order valence-corrected chi connectivity index (χ2v) is 8.41. The monoisotopic (exact) mass is 494 g/mol. The van der Waals surface area contributed by atoms with Gasteiger partial charge in [0.1, 0.15) is 6.04 Å². The molecule has 1 atom stereocenters. The Balaban J connectivity index is 1.65. The number of ether oxygens (including phenoxy) is 1. The number of furan rings is 1. The van der Waals surface area contributed by atoms with Gasteiger partial charge in [-0.3, -0.25) is 19.5 Å². The van der Waals surface area contributed by atoms with Crippen molar-refractivity contribution < 1.29 is 23.8 Å². The molecular formula is C25H16Cl2N2O5. The molecule has 1 aliphatic heterocycles. The largest absolute Gasteiger partial charge is 0.503 e. The van der Waals surface area contributed by atoms with E-state index in [2.05, 4.69) is 4.98 Å². The van der Waals surface area contributed by atoms with E-state index in [1.165, 1.54) is 18.1 Å². The van der Waals surface area contributed by atoms with Crippen LogP contribution in [0.5, 0.6) is 5.75 Å². The van der Waals surface area contributed by atoms with Crippen LogP contribution in [-0.2, 0) is 4.79 Å². The minimum absolute atomic E-state index is 0.0798. The van der Waals surface area contributed by atoms with Crippen molar-refractivity contribution in [1.82, 2.24) is 4.98 Å². The Morgan fingerprint density at radius 3 is 2.53 bits per heavy atom. The summed E-state index contributed by atoms with van der Waals surface area (Å²) >= 11 is 12.1. The van der Waals surface area contributed by atoms with E-state index in [9.17, 15) is 14.7 Å². The van der Waals surface area contributed by atoms with Crippen LogP contribution in [0.25, 0.3) is 11.0 Å². The highest BCUT2D eigenvalue weighted by Crippen LogP contribution is 2.42. The molecule has 3 heterocycles. The predicted molar refractivity (Wildman–Crippen MR) is 128 cm³/mol. The number of carbonyl (C=O) groups excluding carboxylic acids is 2. The topological polar surface area (TPSA) is 92.9 Å². The van der Waals surface area contributed by atoms with Crippen molar-refractivity contribution in [2.45, 2.75) is 6.04 Å². The number of anilines is 1. The van der Waals surface area contributed by atoms with Crippen LogP contribution in [0.2, 0.25) is 10.0 Å². The van der Waals surface area contributed by atoms with Gasteiger partial charge >= 0.3 is 0 Å². The molecule has 1 aliphatic rings. The number of benzene rings is 2. The van der Waals surface area contributed by atoms with Crippen molar-refractivity contribution in [2.75, 3.05) is 12.0 Å². The number of nitrogens with zero attached hydrogens (tertiary/aromatic N) is 2. The number of aromatic nitrogens is 1. The SMILES string of the molecule is COc1cc(Cl)cc2cc(C(=O)C3=C(O)C(=O)N(c4ccc(Cl)cc4)C3c3ccccn3)oc12. The number of ketones is 1. The molecular weight excluding hydrogens is 479 g/mol. The lowest BCUT2D eigenvalue weighted by Gasteiger charge is -2.26. The van der Waals surface area contributed by atoms with E-state index in [0.717, 1.165) is 0 Å². The molecule has 5 rings (SSSR count). The molecule has 1 amide bonds. The fraction of sp³-hybridized carbons (Fsp3) is 0.0800. The van der Waals surface area contributed by atoms with E-state index in [1.807, 2.05) is 0 Å². The van der Waals surface area contributed by atoms with E-state index in [1.54, 1.807) is 60.8 Å². The van der Waals surface area contributed by atoms with Crippen molar-refractivity contribution in [3.8, 4) is 5.75 Å². The Labute approximate surface area is 203 Å². The highest BCUT2D eigenvalue weighted by Gasteiger charge is 2.46. The number of pyridine rings is 1. The number of fused-ring (bicyclic) bond motifs is 1. The van der Waals surface area contributed by atoms with Crippen molar-refractivity contribution in [2.24, 2.45) is 0 Å². The number of Topliss-reactive ketones (excluding diaryl/α,β-unsaturated/α-hetero) is 1. The molecule has 1 N–H and O–H groups in total. The molecule has 0 bridgehead atoms. The van der Waals surface area contributed by atoms with Crippen LogP contribution in [0.3, 0.4) is 0 Å². The molecule has 0 spiro atoms. The van der Waals surface area contributed by atoms with Gasteiger partial charge in [-0.05, 0) is 48.5 Å². The summed E-state index contributed by atoms with van der Waals surface area (Å²) < 4.78 is 11.1. The molecule has 0 radical (unpaired) electrons. The number of methoxy groups -OCH3 is 1. The van der Waals surface area contributed by atoms with E-state index in [4.69, 9.17) is 32.4 Å². The van der Waals surface area contributed by atoms with Gasteiger partial charge in [0.15, 0.2) is 22.9 Å². The van der Waals surface area contributed by atoms with Gasteiger partial charge in [0.2, 0.25) is 5.78 Å². The molecule has 9 heteroatoms. The van der Waals surface area contributed by atoms with Gasteiger partial charge in [0.05, 0.1) is 18.4 Å². The number of aliphatic hydroxyl groups excluding tert-OH is 1. The van der Waals surface area contributed by atoms with Crippen LogP contribution in [-0.4, -0.2) is 28.9 Å². The zero-order valence-electron chi connectivity index (χ0n) is 17.7. The molecule has 0 saturated heterocycles. The molecule has 0 fully saturated rings. The summed E-state index contributed by atoms with van der Waals surface area (Å²) in [4.78, 5) is 32.5. The zero-order valence-corrected chi connectivity index (χ0v) is 19.2. The maximum atomic E-state index is 13.7. The minimum atomic E-state index is -0.985. The number of rotatable bonds is 5. The smallest absolute Gasteiger partial charge is 0.294 e. The standard InChI is InChI=1S/C25H16Cl2N2O5/c1-33-19-12-15(27)10-13-11-18(34-24(13)19)22(30)20-21(17-4-2-3-9-28-17)29(25(32)23(20)31)16-7-5-14(26)6-8-16/h2-12,21,31H,1H3. The lowest BCUT2D eigenvalue weighted by Crippen LogP contribution is -2.31. The Morgan fingerprint density at radius 2 is 1.85 bits per heavy atom. The highest BCUT2D eigenvalue weighted by molar-refractivity contribution is 6.31. The maximum absolute atomic E-state index is 13.7. The molecule has 34 heavy (non-hydrogen) atoms. The second kappa shape index (κ2) is 8.52. The first-order chi connectivity index (χ1) is 16.4. The van der Waals surface area contributed by atoms with Gasteiger partial charge in [-0.15, -0.1) is 0 Å². The summed E-state index contributed by atoms with van der Waals surface area (Å²) in [6.07, 6.45) is 1.55. The summed E-state index contributed by atoms with van der Waals surface area (Å²) in [5, 5.41) is 12.3. The van der Waals surface area contributed by atoms with Crippen molar-refractivity contribution in [3.63, 3.8) is 0 Å². The number of halogens is 2. The summed E-state index contributed by atoms with van der Waals surface area (Å²) in [5.41, 5.74) is 1.01. The fourth-order valence-electron chi connectivity index (χ4n) is 4.00. The zero-order chi connectivity index (χ0) is 24.0. The van der Waals surface area contributed by atoms with E-state index < -0.39 is 23.5 Å². The highest BCUT2D eigenvalue weighted by atomic mass is 35.5. The minimum Gasteiger partial charge on any atom is -0.503 e. The van der Waals surface area contributed by atoms with Crippen LogP contribution in [0, 0.1) is 0 Å².